The van der Waals surface area contributed by atoms with Gasteiger partial charge in [0.2, 0.25) is 0 Å². The molecule has 1 fully saturated rings. The molecule has 18 heavy (non-hydrogen) atoms. The minimum atomic E-state index is 0.536. The highest BCUT2D eigenvalue weighted by Gasteiger charge is 2.36. The summed E-state index contributed by atoms with van der Waals surface area (Å²) >= 11 is 3.51. The Morgan fingerprint density at radius 2 is 2.00 bits per heavy atom. The molecular formula is C14H20BrNO2. The van der Waals surface area contributed by atoms with Crippen LogP contribution in [0.15, 0.2) is 16.6 Å². The van der Waals surface area contributed by atoms with Gasteiger partial charge in [-0.3, -0.25) is 0 Å². The number of halogens is 1. The Labute approximate surface area is 117 Å². The standard InChI is InChI=1S/C14H20BrNO2/c1-14(4-5-14)9-16-8-10-6-11(15)13(18-3)12(7-10)17-2/h6-7,16H,4-5,8-9H2,1-3H3. The Morgan fingerprint density at radius 3 is 2.56 bits per heavy atom. The van der Waals surface area contributed by atoms with Crippen molar-refractivity contribution >= 4 is 15.9 Å². The van der Waals surface area contributed by atoms with Crippen molar-refractivity contribution < 1.29 is 9.47 Å². The first-order valence-electron chi connectivity index (χ1n) is 6.19. The van der Waals surface area contributed by atoms with Crippen LogP contribution < -0.4 is 14.8 Å². The van der Waals surface area contributed by atoms with Gasteiger partial charge in [0.25, 0.3) is 0 Å². The van der Waals surface area contributed by atoms with Gasteiger partial charge in [-0.05, 0) is 51.9 Å². The first kappa shape index (κ1) is 13.7. The SMILES string of the molecule is COc1cc(CNCC2(C)CC2)cc(Br)c1OC. The Bertz CT molecular complexity index is 430. The van der Waals surface area contributed by atoms with Gasteiger partial charge in [-0.15, -0.1) is 0 Å². The third-order valence-electron chi connectivity index (χ3n) is 3.48. The molecule has 0 bridgehead atoms. The second-order valence-electron chi connectivity index (χ2n) is 5.23. The molecule has 0 heterocycles. The lowest BCUT2D eigenvalue weighted by Crippen LogP contribution is -2.21. The van der Waals surface area contributed by atoms with E-state index in [0.29, 0.717) is 5.41 Å². The normalized spacial score (nSPS) is 16.4. The van der Waals surface area contributed by atoms with Crippen molar-refractivity contribution in [2.75, 3.05) is 20.8 Å². The number of nitrogens with one attached hydrogen (secondary N) is 1. The Hall–Kier alpha value is -0.740. The summed E-state index contributed by atoms with van der Waals surface area (Å²) in [4.78, 5) is 0. The average molecular weight is 314 g/mol. The molecule has 0 radical (unpaired) electrons. The highest BCUT2D eigenvalue weighted by molar-refractivity contribution is 9.10. The number of rotatable bonds is 6. The molecule has 1 aromatic rings. The molecule has 0 aromatic heterocycles. The molecule has 0 atom stereocenters. The fourth-order valence-corrected chi connectivity index (χ4v) is 2.62. The molecule has 1 saturated carbocycles. The fourth-order valence-electron chi connectivity index (χ4n) is 1.97. The predicted molar refractivity (Wildman–Crippen MR) is 76.3 cm³/mol. The lowest BCUT2D eigenvalue weighted by Gasteiger charge is -2.14. The summed E-state index contributed by atoms with van der Waals surface area (Å²) < 4.78 is 11.6. The van der Waals surface area contributed by atoms with Gasteiger partial charge in [0.05, 0.1) is 18.7 Å². The van der Waals surface area contributed by atoms with E-state index in [1.807, 2.05) is 6.07 Å². The Kier molecular flexibility index (Phi) is 4.17. The molecule has 1 aliphatic carbocycles. The Balaban J connectivity index is 2.01. The van der Waals surface area contributed by atoms with Crippen LogP contribution in [0.1, 0.15) is 25.3 Å². The first-order valence-corrected chi connectivity index (χ1v) is 6.98. The lowest BCUT2D eigenvalue weighted by molar-refractivity contribution is 0.352. The second-order valence-corrected chi connectivity index (χ2v) is 6.08. The molecule has 0 saturated heterocycles. The molecule has 100 valence electrons. The summed E-state index contributed by atoms with van der Waals surface area (Å²) in [5, 5.41) is 3.50. The molecule has 4 heteroatoms. The van der Waals surface area contributed by atoms with Crippen molar-refractivity contribution in [2.45, 2.75) is 26.3 Å². The smallest absolute Gasteiger partial charge is 0.174 e. The third kappa shape index (κ3) is 3.18. The number of hydrogen-bond donors (Lipinski definition) is 1. The zero-order valence-electron chi connectivity index (χ0n) is 11.2. The number of methoxy groups -OCH3 is 2. The fraction of sp³-hybridized carbons (Fsp3) is 0.571. The maximum Gasteiger partial charge on any atom is 0.174 e. The topological polar surface area (TPSA) is 30.5 Å². The molecular weight excluding hydrogens is 294 g/mol. The van der Waals surface area contributed by atoms with Crippen LogP contribution in [0.25, 0.3) is 0 Å². The molecule has 2 rings (SSSR count). The zero-order chi connectivity index (χ0) is 13.2. The van der Waals surface area contributed by atoms with Gasteiger partial charge in [-0.2, -0.15) is 0 Å². The van der Waals surface area contributed by atoms with Crippen molar-refractivity contribution in [1.82, 2.24) is 5.32 Å². The van der Waals surface area contributed by atoms with Gasteiger partial charge in [-0.25, -0.2) is 0 Å². The molecule has 1 N–H and O–H groups in total. The van der Waals surface area contributed by atoms with E-state index in [9.17, 15) is 0 Å². The van der Waals surface area contributed by atoms with E-state index in [-0.39, 0.29) is 0 Å². The maximum atomic E-state index is 5.33. The predicted octanol–water partition coefficient (Wildman–Crippen LogP) is 3.36. The molecule has 3 nitrogen and oxygen atoms in total. The maximum absolute atomic E-state index is 5.33. The van der Waals surface area contributed by atoms with Gasteiger partial charge < -0.3 is 14.8 Å². The number of hydrogen-bond acceptors (Lipinski definition) is 3. The zero-order valence-corrected chi connectivity index (χ0v) is 12.8. The van der Waals surface area contributed by atoms with Crippen molar-refractivity contribution in [3.63, 3.8) is 0 Å². The Morgan fingerprint density at radius 1 is 1.28 bits per heavy atom. The van der Waals surface area contributed by atoms with Crippen molar-refractivity contribution in [3.8, 4) is 11.5 Å². The summed E-state index contributed by atoms with van der Waals surface area (Å²) in [6.07, 6.45) is 2.69. The van der Waals surface area contributed by atoms with E-state index in [1.54, 1.807) is 14.2 Å². The first-order chi connectivity index (χ1) is 8.58. The minimum absolute atomic E-state index is 0.536. The van der Waals surface area contributed by atoms with Crippen LogP contribution >= 0.6 is 15.9 Å². The van der Waals surface area contributed by atoms with Crippen LogP contribution in [-0.4, -0.2) is 20.8 Å². The van der Waals surface area contributed by atoms with Crippen LogP contribution in [0, 0.1) is 5.41 Å². The minimum Gasteiger partial charge on any atom is -0.493 e. The summed E-state index contributed by atoms with van der Waals surface area (Å²) in [5.74, 6) is 1.51. The van der Waals surface area contributed by atoms with Crippen LogP contribution in [-0.2, 0) is 6.54 Å². The van der Waals surface area contributed by atoms with Crippen LogP contribution in [0.2, 0.25) is 0 Å². The monoisotopic (exact) mass is 313 g/mol. The molecule has 0 amide bonds. The lowest BCUT2D eigenvalue weighted by atomic mass is 10.1. The van der Waals surface area contributed by atoms with Crippen LogP contribution in [0.4, 0.5) is 0 Å². The largest absolute Gasteiger partial charge is 0.493 e. The molecule has 1 aromatic carbocycles. The highest BCUT2D eigenvalue weighted by Crippen LogP contribution is 2.44. The number of benzene rings is 1. The van der Waals surface area contributed by atoms with Crippen LogP contribution in [0.5, 0.6) is 11.5 Å². The summed E-state index contributed by atoms with van der Waals surface area (Å²) in [7, 11) is 3.31. The number of ether oxygens (including phenoxy) is 2. The summed E-state index contributed by atoms with van der Waals surface area (Å²) in [6.45, 7) is 4.26. The molecule has 0 spiro atoms. The van der Waals surface area contributed by atoms with Gasteiger partial charge in [0, 0.05) is 13.1 Å². The van der Waals surface area contributed by atoms with E-state index >= 15 is 0 Å². The van der Waals surface area contributed by atoms with E-state index in [2.05, 4.69) is 34.2 Å². The average Bonchev–Trinajstić information content (AvgIpc) is 3.06. The highest BCUT2D eigenvalue weighted by atomic mass is 79.9. The summed E-state index contributed by atoms with van der Waals surface area (Å²) in [5.41, 5.74) is 1.73. The summed E-state index contributed by atoms with van der Waals surface area (Å²) in [6, 6.07) is 4.09. The van der Waals surface area contributed by atoms with Crippen molar-refractivity contribution in [3.05, 3.63) is 22.2 Å². The van der Waals surface area contributed by atoms with E-state index in [0.717, 1.165) is 29.1 Å². The van der Waals surface area contributed by atoms with E-state index in [4.69, 9.17) is 9.47 Å². The van der Waals surface area contributed by atoms with E-state index in [1.165, 1.54) is 18.4 Å². The third-order valence-corrected chi connectivity index (χ3v) is 4.07. The van der Waals surface area contributed by atoms with Gasteiger partial charge in [0.15, 0.2) is 11.5 Å². The van der Waals surface area contributed by atoms with E-state index < -0.39 is 0 Å². The second kappa shape index (κ2) is 5.49. The van der Waals surface area contributed by atoms with Crippen LogP contribution in [0.3, 0.4) is 0 Å². The molecule has 1 aliphatic rings. The van der Waals surface area contributed by atoms with Gasteiger partial charge in [0.1, 0.15) is 0 Å². The molecule has 0 aliphatic heterocycles. The van der Waals surface area contributed by atoms with Gasteiger partial charge >= 0.3 is 0 Å². The molecule has 0 unspecified atom stereocenters. The quantitative estimate of drug-likeness (QED) is 0.873. The van der Waals surface area contributed by atoms with Crippen molar-refractivity contribution in [1.29, 1.82) is 0 Å². The van der Waals surface area contributed by atoms with Crippen molar-refractivity contribution in [2.24, 2.45) is 5.41 Å². The van der Waals surface area contributed by atoms with Gasteiger partial charge in [-0.1, -0.05) is 6.92 Å².